The van der Waals surface area contributed by atoms with Gasteiger partial charge >= 0.3 is 0 Å². The van der Waals surface area contributed by atoms with Crippen molar-refractivity contribution in [2.45, 2.75) is 25.7 Å². The monoisotopic (exact) mass is 276 g/mol. The maximum Gasteiger partial charge on any atom is 0.184 e. The van der Waals surface area contributed by atoms with Crippen molar-refractivity contribution >= 4 is 29.2 Å². The number of hydrogen-bond acceptors (Lipinski definition) is 3. The van der Waals surface area contributed by atoms with Crippen molar-refractivity contribution < 1.29 is 0 Å². The predicted octanol–water partition coefficient (Wildman–Crippen LogP) is 2.23. The zero-order valence-corrected chi connectivity index (χ0v) is 11.8. The highest BCUT2D eigenvalue weighted by Gasteiger charge is 2.09. The minimum absolute atomic E-state index is 0.178. The van der Waals surface area contributed by atoms with E-state index < -0.39 is 0 Å². The summed E-state index contributed by atoms with van der Waals surface area (Å²) >= 11 is 4.68. The van der Waals surface area contributed by atoms with E-state index in [1.54, 1.807) is 6.21 Å². The van der Waals surface area contributed by atoms with Crippen LogP contribution in [0.1, 0.15) is 31.2 Å². The molecule has 5 heteroatoms. The van der Waals surface area contributed by atoms with Gasteiger partial charge in [0.15, 0.2) is 5.11 Å². The van der Waals surface area contributed by atoms with Crippen molar-refractivity contribution in [2.24, 2.45) is 10.8 Å². The Balaban J connectivity index is 1.97. The van der Waals surface area contributed by atoms with Crippen LogP contribution in [0.25, 0.3) is 0 Å². The molecular weight excluding hydrogens is 256 g/mol. The van der Waals surface area contributed by atoms with Crippen LogP contribution in [-0.4, -0.2) is 24.4 Å². The van der Waals surface area contributed by atoms with Crippen LogP contribution in [0.4, 0.5) is 5.69 Å². The van der Waals surface area contributed by atoms with Crippen LogP contribution < -0.4 is 16.1 Å². The third kappa shape index (κ3) is 4.52. The van der Waals surface area contributed by atoms with Crippen molar-refractivity contribution in [3.8, 4) is 0 Å². The SMILES string of the molecule is NC(=S)NN=Cc1ccc(N2CCCCCC2)cc1. The summed E-state index contributed by atoms with van der Waals surface area (Å²) in [4.78, 5) is 2.46. The summed E-state index contributed by atoms with van der Waals surface area (Å²) in [5, 5.41) is 4.12. The lowest BCUT2D eigenvalue weighted by atomic mass is 10.2. The average Bonchev–Trinajstić information content (AvgIpc) is 2.68. The summed E-state index contributed by atoms with van der Waals surface area (Å²) in [6, 6.07) is 8.41. The molecule has 1 saturated heterocycles. The molecule has 0 unspecified atom stereocenters. The van der Waals surface area contributed by atoms with E-state index >= 15 is 0 Å². The zero-order valence-electron chi connectivity index (χ0n) is 11.0. The summed E-state index contributed by atoms with van der Waals surface area (Å²) < 4.78 is 0. The van der Waals surface area contributed by atoms with Gasteiger partial charge in [-0.1, -0.05) is 25.0 Å². The second kappa shape index (κ2) is 7.09. The second-order valence-corrected chi connectivity index (χ2v) is 5.17. The Kier molecular flexibility index (Phi) is 5.15. The molecule has 1 aliphatic rings. The molecule has 1 aliphatic heterocycles. The topological polar surface area (TPSA) is 53.6 Å². The Hall–Kier alpha value is -1.62. The molecule has 1 heterocycles. The number of hydrogen-bond donors (Lipinski definition) is 2. The summed E-state index contributed by atoms with van der Waals surface area (Å²) in [5.41, 5.74) is 10.2. The number of hydrazone groups is 1. The lowest BCUT2D eigenvalue weighted by Gasteiger charge is -2.22. The summed E-state index contributed by atoms with van der Waals surface area (Å²) in [7, 11) is 0. The van der Waals surface area contributed by atoms with Gasteiger partial charge in [0.1, 0.15) is 0 Å². The zero-order chi connectivity index (χ0) is 13.5. The molecule has 0 bridgehead atoms. The van der Waals surface area contributed by atoms with Crippen LogP contribution in [0.3, 0.4) is 0 Å². The van der Waals surface area contributed by atoms with E-state index in [0.29, 0.717) is 0 Å². The van der Waals surface area contributed by atoms with Gasteiger partial charge in [0.25, 0.3) is 0 Å². The van der Waals surface area contributed by atoms with Crippen molar-refractivity contribution in [3.63, 3.8) is 0 Å². The summed E-state index contributed by atoms with van der Waals surface area (Å²) in [6.07, 6.45) is 7.01. The fraction of sp³-hybridized carbons (Fsp3) is 0.429. The number of nitrogens with zero attached hydrogens (tertiary/aromatic N) is 2. The van der Waals surface area contributed by atoms with Crippen molar-refractivity contribution in [2.75, 3.05) is 18.0 Å². The summed E-state index contributed by atoms with van der Waals surface area (Å²) in [5.74, 6) is 0. The maximum atomic E-state index is 5.29. The van der Waals surface area contributed by atoms with Gasteiger partial charge in [-0.2, -0.15) is 5.10 Å². The van der Waals surface area contributed by atoms with Gasteiger partial charge in [-0.05, 0) is 42.8 Å². The van der Waals surface area contributed by atoms with E-state index in [2.05, 4.69) is 51.9 Å². The maximum absolute atomic E-state index is 5.29. The minimum Gasteiger partial charge on any atom is -0.375 e. The average molecular weight is 276 g/mol. The Morgan fingerprint density at radius 3 is 2.37 bits per heavy atom. The highest BCUT2D eigenvalue weighted by Crippen LogP contribution is 2.19. The molecule has 1 aromatic carbocycles. The normalized spacial score (nSPS) is 16.3. The van der Waals surface area contributed by atoms with Crippen LogP contribution in [0.2, 0.25) is 0 Å². The molecule has 0 amide bonds. The first-order valence-corrected chi connectivity index (χ1v) is 7.10. The third-order valence-electron chi connectivity index (χ3n) is 3.25. The van der Waals surface area contributed by atoms with Gasteiger partial charge in [-0.15, -0.1) is 0 Å². The molecule has 2 rings (SSSR count). The van der Waals surface area contributed by atoms with E-state index in [9.17, 15) is 0 Å². The molecule has 1 aromatic rings. The third-order valence-corrected chi connectivity index (χ3v) is 3.34. The van der Waals surface area contributed by atoms with E-state index in [-0.39, 0.29) is 5.11 Å². The van der Waals surface area contributed by atoms with Crippen LogP contribution in [0, 0.1) is 0 Å². The highest BCUT2D eigenvalue weighted by atomic mass is 32.1. The predicted molar refractivity (Wildman–Crippen MR) is 84.6 cm³/mol. The molecule has 0 saturated carbocycles. The first-order chi connectivity index (χ1) is 9.25. The molecule has 0 aliphatic carbocycles. The van der Waals surface area contributed by atoms with Crippen LogP contribution in [0.15, 0.2) is 29.4 Å². The Morgan fingerprint density at radius 1 is 1.16 bits per heavy atom. The Bertz CT molecular complexity index is 433. The lowest BCUT2D eigenvalue weighted by Crippen LogP contribution is -2.24. The van der Waals surface area contributed by atoms with E-state index in [1.165, 1.54) is 31.4 Å². The molecule has 0 spiro atoms. The van der Waals surface area contributed by atoms with E-state index in [1.807, 2.05) is 0 Å². The fourth-order valence-electron chi connectivity index (χ4n) is 2.27. The van der Waals surface area contributed by atoms with Gasteiger partial charge in [-0.25, -0.2) is 0 Å². The Labute approximate surface area is 119 Å². The van der Waals surface area contributed by atoms with Gasteiger partial charge in [0.2, 0.25) is 0 Å². The van der Waals surface area contributed by atoms with Crippen LogP contribution >= 0.6 is 12.2 Å². The number of nitrogens with two attached hydrogens (primary N) is 1. The van der Waals surface area contributed by atoms with Gasteiger partial charge < -0.3 is 10.6 Å². The molecule has 4 nitrogen and oxygen atoms in total. The van der Waals surface area contributed by atoms with Crippen molar-refractivity contribution in [3.05, 3.63) is 29.8 Å². The molecule has 0 aromatic heterocycles. The Morgan fingerprint density at radius 2 is 1.79 bits per heavy atom. The molecule has 1 fully saturated rings. The highest BCUT2D eigenvalue weighted by molar-refractivity contribution is 7.80. The fourth-order valence-corrected chi connectivity index (χ4v) is 2.32. The van der Waals surface area contributed by atoms with E-state index in [0.717, 1.165) is 18.7 Å². The molecule has 19 heavy (non-hydrogen) atoms. The first kappa shape index (κ1) is 13.8. The molecular formula is C14H20N4S. The first-order valence-electron chi connectivity index (χ1n) is 6.69. The van der Waals surface area contributed by atoms with Gasteiger partial charge in [0.05, 0.1) is 6.21 Å². The number of benzene rings is 1. The van der Waals surface area contributed by atoms with Gasteiger partial charge in [0, 0.05) is 18.8 Å². The van der Waals surface area contributed by atoms with Crippen molar-refractivity contribution in [1.82, 2.24) is 5.43 Å². The van der Waals surface area contributed by atoms with Crippen molar-refractivity contribution in [1.29, 1.82) is 0 Å². The number of thiocarbonyl (C=S) groups is 1. The number of rotatable bonds is 3. The standard InChI is InChI=1S/C14H20N4S/c15-14(19)17-16-11-12-5-7-13(8-6-12)18-9-3-1-2-4-10-18/h5-8,11H,1-4,9-10H2,(H3,15,17,19). The largest absolute Gasteiger partial charge is 0.375 e. The smallest absolute Gasteiger partial charge is 0.184 e. The van der Waals surface area contributed by atoms with Gasteiger partial charge in [-0.3, -0.25) is 5.43 Å². The quantitative estimate of drug-likeness (QED) is 0.505. The lowest BCUT2D eigenvalue weighted by molar-refractivity contribution is 0.726. The molecule has 3 N–H and O–H groups in total. The number of anilines is 1. The molecule has 0 radical (unpaired) electrons. The molecule has 0 atom stereocenters. The number of nitrogens with one attached hydrogen (secondary N) is 1. The van der Waals surface area contributed by atoms with E-state index in [4.69, 9.17) is 5.73 Å². The van der Waals surface area contributed by atoms with Crippen LogP contribution in [-0.2, 0) is 0 Å². The molecule has 102 valence electrons. The second-order valence-electron chi connectivity index (χ2n) is 4.73. The minimum atomic E-state index is 0.178. The summed E-state index contributed by atoms with van der Waals surface area (Å²) in [6.45, 7) is 2.33. The van der Waals surface area contributed by atoms with Crippen LogP contribution in [0.5, 0.6) is 0 Å².